The van der Waals surface area contributed by atoms with Crippen molar-refractivity contribution in [1.82, 2.24) is 15.4 Å². The summed E-state index contributed by atoms with van der Waals surface area (Å²) in [5.41, 5.74) is 1.50. The van der Waals surface area contributed by atoms with Gasteiger partial charge in [-0.1, -0.05) is 16.8 Å². The number of carbonyl (C=O) groups excluding carboxylic acids is 1. The molecule has 23 heavy (non-hydrogen) atoms. The predicted octanol–water partition coefficient (Wildman–Crippen LogP) is 2.71. The van der Waals surface area contributed by atoms with Gasteiger partial charge in [-0.2, -0.15) is 0 Å². The molecule has 0 aromatic carbocycles. The molecule has 0 unspecified atom stereocenters. The predicted molar refractivity (Wildman–Crippen MR) is 89.6 cm³/mol. The molecule has 2 aliphatic rings. The highest BCUT2D eigenvalue weighted by Crippen LogP contribution is 2.19. The normalized spacial score (nSPS) is 18.7. The molecule has 6 heteroatoms. The first-order valence-corrected chi connectivity index (χ1v) is 8.61. The number of nitrogens with one attached hydrogen (secondary N) is 1. The number of aryl methyl sites for hydroxylation is 1. The van der Waals surface area contributed by atoms with E-state index in [-0.39, 0.29) is 6.03 Å². The zero-order valence-electron chi connectivity index (χ0n) is 13.9. The molecule has 1 saturated heterocycles. The Morgan fingerprint density at radius 2 is 2.13 bits per heavy atom. The van der Waals surface area contributed by atoms with E-state index in [9.17, 15) is 4.79 Å². The lowest BCUT2D eigenvalue weighted by atomic mass is 9.97. The molecule has 1 N–H and O–H groups in total. The minimum Gasteiger partial charge on any atom is -0.360 e. The van der Waals surface area contributed by atoms with Crippen LogP contribution in [0.3, 0.4) is 0 Å². The molecule has 1 aromatic heterocycles. The summed E-state index contributed by atoms with van der Waals surface area (Å²) in [5, 5.41) is 7.09. The third-order valence-corrected chi connectivity index (χ3v) is 4.61. The van der Waals surface area contributed by atoms with Gasteiger partial charge in [-0.05, 0) is 39.0 Å². The lowest BCUT2D eigenvalue weighted by molar-refractivity contribution is 0.194. The quantitative estimate of drug-likeness (QED) is 0.867. The molecule has 0 saturated carbocycles. The van der Waals surface area contributed by atoms with E-state index < -0.39 is 0 Å². The zero-order chi connectivity index (χ0) is 16.1. The van der Waals surface area contributed by atoms with Crippen molar-refractivity contribution in [3.63, 3.8) is 0 Å². The summed E-state index contributed by atoms with van der Waals surface area (Å²) < 4.78 is 5.11. The first-order valence-electron chi connectivity index (χ1n) is 8.61. The number of carbonyl (C=O) groups is 1. The number of hydrogen-bond acceptors (Lipinski definition) is 4. The maximum Gasteiger partial charge on any atom is 0.317 e. The van der Waals surface area contributed by atoms with Gasteiger partial charge in [0, 0.05) is 38.8 Å². The fourth-order valence-electron chi connectivity index (χ4n) is 3.21. The van der Waals surface area contributed by atoms with Crippen LogP contribution in [0.25, 0.3) is 0 Å². The molecule has 1 aliphatic heterocycles. The van der Waals surface area contributed by atoms with Crippen LogP contribution in [-0.2, 0) is 0 Å². The Morgan fingerprint density at radius 1 is 1.30 bits per heavy atom. The van der Waals surface area contributed by atoms with Crippen LogP contribution in [0.15, 0.2) is 22.2 Å². The number of aromatic nitrogens is 1. The Balaban J connectivity index is 1.38. The van der Waals surface area contributed by atoms with Crippen molar-refractivity contribution >= 4 is 11.8 Å². The second-order valence-electron chi connectivity index (χ2n) is 6.36. The van der Waals surface area contributed by atoms with Crippen molar-refractivity contribution in [3.05, 3.63) is 23.5 Å². The van der Waals surface area contributed by atoms with Gasteiger partial charge < -0.3 is 19.6 Å². The minimum absolute atomic E-state index is 0.0531. The van der Waals surface area contributed by atoms with Crippen molar-refractivity contribution < 1.29 is 9.32 Å². The number of urea groups is 1. The maximum atomic E-state index is 12.2. The average Bonchev–Trinajstić information content (AvgIpc) is 3.02. The first-order chi connectivity index (χ1) is 11.2. The number of anilines is 1. The number of allylic oxidation sites excluding steroid dienone is 1. The van der Waals surface area contributed by atoms with E-state index in [1.54, 1.807) is 0 Å². The molecule has 0 spiro atoms. The monoisotopic (exact) mass is 318 g/mol. The number of rotatable bonds is 4. The largest absolute Gasteiger partial charge is 0.360 e. The van der Waals surface area contributed by atoms with Gasteiger partial charge in [0.05, 0.1) is 0 Å². The van der Waals surface area contributed by atoms with Crippen molar-refractivity contribution in [3.8, 4) is 0 Å². The molecular weight excluding hydrogens is 292 g/mol. The third kappa shape index (κ3) is 4.27. The van der Waals surface area contributed by atoms with E-state index in [0.29, 0.717) is 0 Å². The number of amides is 2. The van der Waals surface area contributed by atoms with Gasteiger partial charge in [-0.15, -0.1) is 0 Å². The zero-order valence-corrected chi connectivity index (χ0v) is 13.9. The van der Waals surface area contributed by atoms with Crippen LogP contribution in [0.4, 0.5) is 10.6 Å². The molecular formula is C17H26N4O2. The van der Waals surface area contributed by atoms with E-state index in [2.05, 4.69) is 21.4 Å². The summed E-state index contributed by atoms with van der Waals surface area (Å²) in [6.07, 6.45) is 8.34. The van der Waals surface area contributed by atoms with Crippen LogP contribution < -0.4 is 10.2 Å². The molecule has 0 bridgehead atoms. The van der Waals surface area contributed by atoms with Crippen LogP contribution in [0.1, 0.15) is 37.9 Å². The van der Waals surface area contributed by atoms with Gasteiger partial charge in [0.2, 0.25) is 0 Å². The van der Waals surface area contributed by atoms with Crippen LogP contribution >= 0.6 is 0 Å². The first kappa shape index (κ1) is 15.9. The Morgan fingerprint density at radius 3 is 2.78 bits per heavy atom. The standard InChI is InChI=1S/C17H26N4O2/c1-14-13-16(19-23-14)20-9-11-21(12-10-20)17(22)18-8-7-15-5-3-2-4-6-15/h5,13H,2-4,6-12H2,1H3,(H,18,22). The molecule has 0 atom stereocenters. The second-order valence-corrected chi connectivity index (χ2v) is 6.36. The van der Waals surface area contributed by atoms with E-state index in [4.69, 9.17) is 4.52 Å². The fourth-order valence-corrected chi connectivity index (χ4v) is 3.21. The fraction of sp³-hybridized carbons (Fsp3) is 0.647. The Kier molecular flexibility index (Phi) is 5.20. The van der Waals surface area contributed by atoms with Gasteiger partial charge in [0.25, 0.3) is 0 Å². The minimum atomic E-state index is 0.0531. The van der Waals surface area contributed by atoms with Gasteiger partial charge in [-0.25, -0.2) is 4.79 Å². The highest BCUT2D eigenvalue weighted by molar-refractivity contribution is 5.74. The number of hydrogen-bond donors (Lipinski definition) is 1. The number of piperazine rings is 1. The third-order valence-electron chi connectivity index (χ3n) is 4.61. The summed E-state index contributed by atoms with van der Waals surface area (Å²) in [7, 11) is 0. The van der Waals surface area contributed by atoms with Crippen molar-refractivity contribution in [2.75, 3.05) is 37.6 Å². The molecule has 1 fully saturated rings. The highest BCUT2D eigenvalue weighted by Gasteiger charge is 2.22. The molecule has 3 rings (SSSR count). The summed E-state index contributed by atoms with van der Waals surface area (Å²) in [6.45, 7) is 5.67. The SMILES string of the molecule is Cc1cc(N2CCN(C(=O)NCCC3=CCCCC3)CC2)no1. The van der Waals surface area contributed by atoms with Crippen molar-refractivity contribution in [2.45, 2.75) is 39.0 Å². The summed E-state index contributed by atoms with van der Waals surface area (Å²) >= 11 is 0. The Labute approximate surface area is 137 Å². The number of nitrogens with zero attached hydrogens (tertiary/aromatic N) is 3. The van der Waals surface area contributed by atoms with Crippen LogP contribution in [-0.4, -0.2) is 48.8 Å². The summed E-state index contributed by atoms with van der Waals surface area (Å²) in [5.74, 6) is 1.68. The highest BCUT2D eigenvalue weighted by atomic mass is 16.5. The average molecular weight is 318 g/mol. The van der Waals surface area contributed by atoms with Crippen LogP contribution in [0.5, 0.6) is 0 Å². The topological polar surface area (TPSA) is 61.6 Å². The van der Waals surface area contributed by atoms with E-state index in [1.807, 2.05) is 17.9 Å². The Hall–Kier alpha value is -1.98. The summed E-state index contributed by atoms with van der Waals surface area (Å²) in [4.78, 5) is 16.3. The lowest BCUT2D eigenvalue weighted by Gasteiger charge is -2.34. The molecule has 2 amide bonds. The van der Waals surface area contributed by atoms with E-state index >= 15 is 0 Å². The van der Waals surface area contributed by atoms with Crippen LogP contribution in [0, 0.1) is 6.92 Å². The molecule has 1 aliphatic carbocycles. The molecule has 2 heterocycles. The van der Waals surface area contributed by atoms with Crippen molar-refractivity contribution in [1.29, 1.82) is 0 Å². The molecule has 6 nitrogen and oxygen atoms in total. The van der Waals surface area contributed by atoms with Gasteiger partial charge >= 0.3 is 6.03 Å². The molecule has 126 valence electrons. The lowest BCUT2D eigenvalue weighted by Crippen LogP contribution is -2.52. The Bertz CT molecular complexity index is 559. The maximum absolute atomic E-state index is 12.2. The molecule has 0 radical (unpaired) electrons. The van der Waals surface area contributed by atoms with Gasteiger partial charge in [0.15, 0.2) is 5.82 Å². The second kappa shape index (κ2) is 7.53. The smallest absolute Gasteiger partial charge is 0.317 e. The van der Waals surface area contributed by atoms with E-state index in [1.165, 1.54) is 31.3 Å². The van der Waals surface area contributed by atoms with Crippen LogP contribution in [0.2, 0.25) is 0 Å². The van der Waals surface area contributed by atoms with E-state index in [0.717, 1.165) is 50.7 Å². The van der Waals surface area contributed by atoms with Gasteiger partial charge in [0.1, 0.15) is 5.76 Å². The molecule has 1 aromatic rings. The van der Waals surface area contributed by atoms with Crippen molar-refractivity contribution in [2.24, 2.45) is 0 Å². The summed E-state index contributed by atoms with van der Waals surface area (Å²) in [6, 6.07) is 1.99. The van der Waals surface area contributed by atoms with Gasteiger partial charge in [-0.3, -0.25) is 0 Å².